The summed E-state index contributed by atoms with van der Waals surface area (Å²) in [6, 6.07) is 0. The lowest BCUT2D eigenvalue weighted by Gasteiger charge is -2.21. The summed E-state index contributed by atoms with van der Waals surface area (Å²) in [5, 5.41) is 0. The molecule has 0 bridgehead atoms. The second-order valence-corrected chi connectivity index (χ2v) is 2.84. The van der Waals surface area contributed by atoms with E-state index in [4.69, 9.17) is 9.47 Å². The smallest absolute Gasteiger partial charge is 0.330 e. The summed E-state index contributed by atoms with van der Waals surface area (Å²) in [7, 11) is 0. The number of hydrogen-bond donors (Lipinski definition) is 0. The van der Waals surface area contributed by atoms with E-state index < -0.39 is 5.97 Å². The minimum atomic E-state index is -0.485. The second-order valence-electron chi connectivity index (χ2n) is 2.84. The molecule has 1 atom stereocenters. The van der Waals surface area contributed by atoms with Gasteiger partial charge in [-0.15, -0.1) is 0 Å². The summed E-state index contributed by atoms with van der Waals surface area (Å²) < 4.78 is 9.68. The highest BCUT2D eigenvalue weighted by Gasteiger charge is 2.21. The molecule has 0 amide bonds. The van der Waals surface area contributed by atoms with E-state index in [0.717, 1.165) is 18.9 Å². The molecule has 0 aliphatic carbocycles. The Balaban J connectivity index is 2.24. The van der Waals surface area contributed by atoms with Crippen LogP contribution < -0.4 is 0 Å². The Morgan fingerprint density at radius 3 is 3.15 bits per heavy atom. The first-order valence-electron chi connectivity index (χ1n) is 4.21. The highest BCUT2D eigenvalue weighted by atomic mass is 16.6. The van der Waals surface area contributed by atoms with Crippen molar-refractivity contribution in [3.63, 3.8) is 0 Å². The van der Waals surface area contributed by atoms with Gasteiger partial charge in [-0.25, -0.2) is 4.79 Å². The van der Waals surface area contributed by atoms with E-state index in [0.29, 0.717) is 6.42 Å². The van der Waals surface area contributed by atoms with E-state index in [1.165, 1.54) is 0 Å². The summed E-state index contributed by atoms with van der Waals surface area (Å²) in [6.45, 7) is 3.39. The lowest BCUT2D eigenvalue weighted by Crippen LogP contribution is -2.28. The van der Waals surface area contributed by atoms with Crippen molar-refractivity contribution in [2.45, 2.75) is 25.4 Å². The molecular formula is C9H12O4. The fraction of sp³-hybridized carbons (Fsp3) is 0.556. The molecule has 4 heteroatoms. The molecule has 4 nitrogen and oxygen atoms in total. The van der Waals surface area contributed by atoms with Gasteiger partial charge in [-0.3, -0.25) is 4.79 Å². The van der Waals surface area contributed by atoms with Crippen molar-refractivity contribution in [1.29, 1.82) is 0 Å². The number of rotatable bonds is 3. The van der Waals surface area contributed by atoms with Crippen molar-refractivity contribution in [3.05, 3.63) is 12.7 Å². The zero-order chi connectivity index (χ0) is 9.68. The Kier molecular flexibility index (Phi) is 3.49. The molecule has 1 fully saturated rings. The number of esters is 2. The van der Waals surface area contributed by atoms with Crippen LogP contribution in [-0.2, 0) is 19.1 Å². The highest BCUT2D eigenvalue weighted by Crippen LogP contribution is 2.14. The fourth-order valence-electron chi connectivity index (χ4n) is 1.13. The van der Waals surface area contributed by atoms with Gasteiger partial charge in [-0.05, 0) is 12.8 Å². The van der Waals surface area contributed by atoms with Gasteiger partial charge < -0.3 is 9.47 Å². The Labute approximate surface area is 76.5 Å². The van der Waals surface area contributed by atoms with Gasteiger partial charge in [0.05, 0.1) is 0 Å². The Morgan fingerprint density at radius 2 is 2.54 bits per heavy atom. The van der Waals surface area contributed by atoms with Crippen molar-refractivity contribution in [2.24, 2.45) is 0 Å². The third-order valence-corrected chi connectivity index (χ3v) is 1.78. The number of cyclic esters (lactones) is 1. The van der Waals surface area contributed by atoms with Gasteiger partial charge in [0.2, 0.25) is 0 Å². The Hall–Kier alpha value is -1.32. The molecule has 0 aromatic rings. The van der Waals surface area contributed by atoms with E-state index in [-0.39, 0.29) is 18.7 Å². The van der Waals surface area contributed by atoms with Gasteiger partial charge in [0.25, 0.3) is 0 Å². The first kappa shape index (κ1) is 9.77. The summed E-state index contributed by atoms with van der Waals surface area (Å²) in [5.74, 6) is -0.701. The maximum Gasteiger partial charge on any atom is 0.330 e. The van der Waals surface area contributed by atoms with Crippen molar-refractivity contribution in [1.82, 2.24) is 0 Å². The largest absolute Gasteiger partial charge is 0.459 e. The second kappa shape index (κ2) is 4.64. The molecule has 1 rings (SSSR count). The topological polar surface area (TPSA) is 52.6 Å². The van der Waals surface area contributed by atoms with Crippen molar-refractivity contribution in [3.8, 4) is 0 Å². The van der Waals surface area contributed by atoms with Gasteiger partial charge in [0.1, 0.15) is 12.7 Å². The van der Waals surface area contributed by atoms with Crippen LogP contribution in [0.15, 0.2) is 12.7 Å². The molecule has 0 radical (unpaired) electrons. The molecule has 0 aromatic heterocycles. The maximum absolute atomic E-state index is 10.8. The summed E-state index contributed by atoms with van der Waals surface area (Å²) in [6.07, 6.45) is 2.84. The summed E-state index contributed by atoms with van der Waals surface area (Å²) >= 11 is 0. The molecule has 1 heterocycles. The van der Waals surface area contributed by atoms with Gasteiger partial charge >= 0.3 is 11.9 Å². The van der Waals surface area contributed by atoms with Crippen molar-refractivity contribution in [2.75, 3.05) is 6.61 Å². The third kappa shape index (κ3) is 3.27. The average Bonchev–Trinajstić information content (AvgIpc) is 2.14. The molecule has 1 aliphatic heterocycles. The molecule has 1 aliphatic rings. The zero-order valence-corrected chi connectivity index (χ0v) is 7.32. The lowest BCUT2D eigenvalue weighted by atomic mass is 10.1. The number of ether oxygens (including phenoxy) is 2. The predicted molar refractivity (Wildman–Crippen MR) is 44.9 cm³/mol. The van der Waals surface area contributed by atoms with E-state index in [1.54, 1.807) is 0 Å². The van der Waals surface area contributed by atoms with Crippen LogP contribution in [0.1, 0.15) is 19.3 Å². The number of carbonyl (C=O) groups excluding carboxylic acids is 2. The van der Waals surface area contributed by atoms with Crippen LogP contribution in [0, 0.1) is 0 Å². The third-order valence-electron chi connectivity index (χ3n) is 1.78. The quantitative estimate of drug-likeness (QED) is 0.481. The molecule has 0 aromatic carbocycles. The lowest BCUT2D eigenvalue weighted by molar-refractivity contribution is -0.161. The monoisotopic (exact) mass is 184 g/mol. The minimum absolute atomic E-state index is 0.136. The fourth-order valence-corrected chi connectivity index (χ4v) is 1.13. The van der Waals surface area contributed by atoms with Gasteiger partial charge in [0.15, 0.2) is 0 Å². The predicted octanol–water partition coefficient (Wildman–Crippen LogP) is 0.811. The van der Waals surface area contributed by atoms with Crippen molar-refractivity contribution < 1.29 is 19.1 Å². The zero-order valence-electron chi connectivity index (χ0n) is 7.32. The average molecular weight is 184 g/mol. The minimum Gasteiger partial charge on any atom is -0.459 e. The van der Waals surface area contributed by atoms with Crippen molar-refractivity contribution >= 4 is 11.9 Å². The van der Waals surface area contributed by atoms with Crippen LogP contribution in [-0.4, -0.2) is 24.6 Å². The molecule has 0 saturated carbocycles. The number of hydrogen-bond acceptors (Lipinski definition) is 4. The Morgan fingerprint density at radius 1 is 1.77 bits per heavy atom. The highest BCUT2D eigenvalue weighted by molar-refractivity contribution is 5.81. The van der Waals surface area contributed by atoms with Gasteiger partial charge in [-0.1, -0.05) is 6.58 Å². The van der Waals surface area contributed by atoms with E-state index in [2.05, 4.69) is 6.58 Å². The van der Waals surface area contributed by atoms with Crippen LogP contribution in [0.3, 0.4) is 0 Å². The maximum atomic E-state index is 10.8. The van der Waals surface area contributed by atoms with Gasteiger partial charge in [-0.2, -0.15) is 0 Å². The molecule has 0 spiro atoms. The molecule has 1 unspecified atom stereocenters. The summed E-state index contributed by atoms with van der Waals surface area (Å²) in [5.41, 5.74) is 0. The number of carbonyl (C=O) groups is 2. The first-order valence-corrected chi connectivity index (χ1v) is 4.21. The van der Waals surface area contributed by atoms with Gasteiger partial charge in [0, 0.05) is 12.5 Å². The molecule has 13 heavy (non-hydrogen) atoms. The van der Waals surface area contributed by atoms with Crippen LogP contribution in [0.4, 0.5) is 0 Å². The molecule has 1 saturated heterocycles. The molecule has 0 N–H and O–H groups in total. The Bertz CT molecular complexity index is 222. The van der Waals surface area contributed by atoms with E-state index >= 15 is 0 Å². The normalized spacial score (nSPS) is 21.8. The summed E-state index contributed by atoms with van der Waals surface area (Å²) in [4.78, 5) is 21.5. The standard InChI is InChI=1S/C9H12O4/c1-2-8(10)12-6-7-4-3-5-9(11)13-7/h2,7H,1,3-6H2. The van der Waals surface area contributed by atoms with Crippen LogP contribution in [0.5, 0.6) is 0 Å². The molecule has 72 valence electrons. The van der Waals surface area contributed by atoms with Crippen LogP contribution in [0.2, 0.25) is 0 Å². The van der Waals surface area contributed by atoms with Crippen LogP contribution >= 0.6 is 0 Å². The molecular weight excluding hydrogens is 172 g/mol. The first-order chi connectivity index (χ1) is 6.22. The van der Waals surface area contributed by atoms with E-state index in [1.807, 2.05) is 0 Å². The SMILES string of the molecule is C=CC(=O)OCC1CCCC(=O)O1. The van der Waals surface area contributed by atoms with E-state index in [9.17, 15) is 9.59 Å². The van der Waals surface area contributed by atoms with Crippen LogP contribution in [0.25, 0.3) is 0 Å².